The fourth-order valence-electron chi connectivity index (χ4n) is 3.40. The lowest BCUT2D eigenvalue weighted by atomic mass is 10.1. The van der Waals surface area contributed by atoms with Crippen molar-refractivity contribution < 1.29 is 43.1 Å². The Labute approximate surface area is 208 Å². The van der Waals surface area contributed by atoms with Crippen LogP contribution in [0, 0.1) is 0 Å². The van der Waals surface area contributed by atoms with Gasteiger partial charge in [0.05, 0.1) is 40.3 Å². The van der Waals surface area contributed by atoms with Crippen LogP contribution in [0.1, 0.15) is 58.3 Å². The number of aliphatic carboxylic acids is 1. The number of halogens is 1. The summed E-state index contributed by atoms with van der Waals surface area (Å²) in [7, 11) is 1.26. The number of benzene rings is 1. The van der Waals surface area contributed by atoms with Crippen LogP contribution >= 0.6 is 19.4 Å². The number of hydrogen-bond donors (Lipinski definition) is 2. The van der Waals surface area contributed by atoms with Crippen molar-refractivity contribution in [2.45, 2.75) is 70.5 Å². The number of phosphoric acid groups is 1. The van der Waals surface area contributed by atoms with Crippen molar-refractivity contribution >= 4 is 25.4 Å². The van der Waals surface area contributed by atoms with Gasteiger partial charge in [-0.2, -0.15) is 0 Å². The van der Waals surface area contributed by atoms with Gasteiger partial charge in [-0.3, -0.25) is 13.8 Å². The van der Waals surface area contributed by atoms with Crippen LogP contribution in [0.2, 0.25) is 5.02 Å². The number of nitrogens with zero attached hydrogens (tertiary/aromatic N) is 1. The van der Waals surface area contributed by atoms with E-state index in [2.05, 4.69) is 6.92 Å². The van der Waals surface area contributed by atoms with E-state index in [0.717, 1.165) is 44.3 Å². The summed E-state index contributed by atoms with van der Waals surface area (Å²) in [6.07, 6.45) is 5.36. The molecule has 0 aliphatic heterocycles. The highest BCUT2D eigenvalue weighted by Crippen LogP contribution is 2.45. The molecule has 0 heterocycles. The van der Waals surface area contributed by atoms with Crippen LogP contribution in [0.5, 0.6) is 5.75 Å². The smallest absolute Gasteiger partial charge is 0.472 e. The van der Waals surface area contributed by atoms with Crippen molar-refractivity contribution in [2.75, 3.05) is 34.3 Å². The first kappa shape index (κ1) is 32.8. The molecule has 0 bridgehead atoms. The van der Waals surface area contributed by atoms with Crippen molar-refractivity contribution in [3.63, 3.8) is 0 Å². The molecule has 0 radical (unpaired) electrons. The molecule has 0 aliphatic carbocycles. The van der Waals surface area contributed by atoms with E-state index in [-0.39, 0.29) is 31.2 Å². The largest absolute Gasteiger partial charge is 0.870 e. The van der Waals surface area contributed by atoms with Crippen LogP contribution < -0.4 is 4.74 Å². The van der Waals surface area contributed by atoms with E-state index in [1.165, 1.54) is 0 Å². The van der Waals surface area contributed by atoms with E-state index in [0.29, 0.717) is 15.9 Å². The predicted molar refractivity (Wildman–Crippen MR) is 132 cm³/mol. The topological polar surface area (TPSA) is 132 Å². The van der Waals surface area contributed by atoms with E-state index in [1.807, 2.05) is 45.4 Å². The molecule has 0 fully saturated rings. The van der Waals surface area contributed by atoms with Crippen molar-refractivity contribution in [3.8, 4) is 5.75 Å². The summed E-state index contributed by atoms with van der Waals surface area (Å²) in [4.78, 5) is 21.0. The Kier molecular flexibility index (Phi) is 15.9. The van der Waals surface area contributed by atoms with Crippen molar-refractivity contribution in [1.29, 1.82) is 0 Å². The Hall–Kier alpha value is -1.19. The first-order chi connectivity index (χ1) is 15.4. The van der Waals surface area contributed by atoms with Gasteiger partial charge in [-0.15, -0.1) is 0 Å². The van der Waals surface area contributed by atoms with Gasteiger partial charge in [-0.25, -0.2) is 4.57 Å². The van der Waals surface area contributed by atoms with Crippen LogP contribution in [0.25, 0.3) is 0 Å². The third-order valence-corrected chi connectivity index (χ3v) is 6.26. The fraction of sp³-hybridized carbons (Fsp3) is 0.696. The molecule has 9 nitrogen and oxygen atoms in total. The standard InChI is InChI=1S/C23H39ClNO7P.H2O/c1-5-20(31-21-14-12-19(24)13-15-21)11-9-7-6-8-10-16-30-33(28,29)32-22(17-23(26)27)18-25(2,3)4;/h12-15,20,22H,5-11,16-18H2,1-4H3,(H-,26,27,28,29);1H2/t20?,22-;/m1./s1. The zero-order valence-corrected chi connectivity index (χ0v) is 22.3. The van der Waals surface area contributed by atoms with Crippen LogP contribution in [0.15, 0.2) is 24.3 Å². The molecule has 1 aromatic rings. The second-order valence-corrected chi connectivity index (χ2v) is 11.1. The first-order valence-corrected chi connectivity index (χ1v) is 13.4. The maximum atomic E-state index is 12.2. The number of quaternary nitrogens is 1. The molecule has 0 amide bonds. The molecular formula is C23H41ClNO8P. The van der Waals surface area contributed by atoms with Crippen molar-refractivity contribution in [3.05, 3.63) is 29.3 Å². The van der Waals surface area contributed by atoms with Crippen LogP contribution in [-0.4, -0.2) is 72.4 Å². The maximum Gasteiger partial charge on any atom is 0.472 e. The average Bonchev–Trinajstić information content (AvgIpc) is 2.68. The van der Waals surface area contributed by atoms with Crippen LogP contribution in [-0.2, 0) is 18.4 Å². The number of carboxylic acid groups (broad SMARTS) is 1. The molecule has 198 valence electrons. The summed E-state index contributed by atoms with van der Waals surface area (Å²) in [6, 6.07) is 7.39. The number of phosphoric ester groups is 1. The zero-order chi connectivity index (χ0) is 24.9. The van der Waals surface area contributed by atoms with Gasteiger partial charge < -0.3 is 24.7 Å². The Morgan fingerprint density at radius 2 is 1.65 bits per heavy atom. The second-order valence-electron chi connectivity index (χ2n) is 9.26. The van der Waals surface area contributed by atoms with Gasteiger partial charge in [-0.1, -0.05) is 37.8 Å². The van der Waals surface area contributed by atoms with E-state index in [1.54, 1.807) is 0 Å². The number of carbonyl (C=O) groups is 1. The molecule has 0 aliphatic rings. The minimum Gasteiger partial charge on any atom is -0.870 e. The van der Waals surface area contributed by atoms with Gasteiger partial charge in [0.15, 0.2) is 0 Å². The molecule has 0 spiro atoms. The molecule has 0 aromatic heterocycles. The monoisotopic (exact) mass is 525 g/mol. The number of unbranched alkanes of at least 4 members (excludes halogenated alkanes) is 4. The summed E-state index contributed by atoms with van der Waals surface area (Å²) < 4.78 is 28.8. The Morgan fingerprint density at radius 1 is 1.06 bits per heavy atom. The minimum absolute atomic E-state index is 0. The number of ether oxygens (including phenoxy) is 1. The lowest BCUT2D eigenvalue weighted by Gasteiger charge is -2.29. The van der Waals surface area contributed by atoms with Gasteiger partial charge in [0.2, 0.25) is 0 Å². The summed E-state index contributed by atoms with van der Waals surface area (Å²) in [5, 5.41) is 9.70. The first-order valence-electron chi connectivity index (χ1n) is 11.5. The molecular weight excluding hydrogens is 485 g/mol. The molecule has 3 N–H and O–H groups in total. The Balaban J connectivity index is 0.0000109. The maximum absolute atomic E-state index is 12.2. The second kappa shape index (κ2) is 16.5. The highest BCUT2D eigenvalue weighted by molar-refractivity contribution is 7.47. The normalized spacial score (nSPS) is 15.1. The molecule has 2 unspecified atom stereocenters. The number of carboxylic acids is 1. The number of hydrogen-bond acceptors (Lipinski definition) is 6. The number of rotatable bonds is 18. The minimum atomic E-state index is -4.30. The van der Waals surface area contributed by atoms with E-state index >= 15 is 0 Å². The van der Waals surface area contributed by atoms with Gasteiger partial charge in [0.1, 0.15) is 18.4 Å². The lowest BCUT2D eigenvalue weighted by molar-refractivity contribution is -0.873. The molecule has 0 saturated carbocycles. The van der Waals surface area contributed by atoms with Crippen LogP contribution in [0.3, 0.4) is 0 Å². The van der Waals surface area contributed by atoms with Crippen molar-refractivity contribution in [1.82, 2.24) is 0 Å². The molecule has 3 atom stereocenters. The third-order valence-electron chi connectivity index (χ3n) is 4.93. The molecule has 1 aromatic carbocycles. The summed E-state index contributed by atoms with van der Waals surface area (Å²) >= 11 is 5.90. The van der Waals surface area contributed by atoms with E-state index in [4.69, 9.17) is 30.5 Å². The van der Waals surface area contributed by atoms with Gasteiger partial charge in [0.25, 0.3) is 0 Å². The van der Waals surface area contributed by atoms with Crippen LogP contribution in [0.4, 0.5) is 0 Å². The Bertz CT molecular complexity index is 741. The van der Waals surface area contributed by atoms with Crippen molar-refractivity contribution in [2.24, 2.45) is 0 Å². The fourth-order valence-corrected chi connectivity index (χ4v) is 4.46. The predicted octanol–water partition coefficient (Wildman–Crippen LogP) is 5.34. The quantitative estimate of drug-likeness (QED) is 0.149. The number of likely N-dealkylation sites (N-methyl/N-ethyl adjacent to an activating group) is 1. The highest BCUT2D eigenvalue weighted by Gasteiger charge is 2.31. The highest BCUT2D eigenvalue weighted by atomic mass is 35.5. The van der Waals surface area contributed by atoms with Gasteiger partial charge in [-0.05, 0) is 49.9 Å². The summed E-state index contributed by atoms with van der Waals surface area (Å²) in [6.45, 7) is 2.48. The SMILES string of the molecule is CCC(CCCCCCCOP(=O)(O)O[C@H](CC(=O)O)C[N+](C)(C)C)Oc1ccc(Cl)cc1.[OH-]. The lowest BCUT2D eigenvalue weighted by Crippen LogP contribution is -2.42. The zero-order valence-electron chi connectivity index (χ0n) is 20.7. The summed E-state index contributed by atoms with van der Waals surface area (Å²) in [5.74, 6) is -0.261. The molecule has 1 rings (SSSR count). The Morgan fingerprint density at radius 3 is 2.21 bits per heavy atom. The van der Waals surface area contributed by atoms with Gasteiger partial charge in [0, 0.05) is 5.02 Å². The summed E-state index contributed by atoms with van der Waals surface area (Å²) in [5.41, 5.74) is 0. The van der Waals surface area contributed by atoms with E-state index < -0.39 is 19.9 Å². The van der Waals surface area contributed by atoms with Gasteiger partial charge >= 0.3 is 13.8 Å². The average molecular weight is 526 g/mol. The molecule has 0 saturated heterocycles. The van der Waals surface area contributed by atoms with E-state index in [9.17, 15) is 14.3 Å². The molecule has 11 heteroatoms. The third kappa shape index (κ3) is 16.4. The molecule has 34 heavy (non-hydrogen) atoms.